The van der Waals surface area contributed by atoms with Crippen molar-refractivity contribution in [3.05, 3.63) is 0 Å². The van der Waals surface area contributed by atoms with Crippen LogP contribution in [0.4, 0.5) is 0 Å². The molecule has 5 heteroatoms. The summed E-state index contributed by atoms with van der Waals surface area (Å²) in [6.07, 6.45) is -0.593. The summed E-state index contributed by atoms with van der Waals surface area (Å²) in [5, 5.41) is 15.8. The number of hydrogen-bond acceptors (Lipinski definition) is 2. The molecule has 0 radical (unpaired) electrons. The molecule has 0 aliphatic carbocycles. The molecular formula is C4H8MgO4. The van der Waals surface area contributed by atoms with Gasteiger partial charge in [0.25, 0.3) is 0 Å². The van der Waals surface area contributed by atoms with Crippen molar-refractivity contribution in [2.75, 3.05) is 0 Å². The number of carboxylic acid groups (broad SMARTS) is 2. The molecule has 0 fully saturated rings. The Morgan fingerprint density at radius 3 is 1.44 bits per heavy atom. The van der Waals surface area contributed by atoms with Crippen LogP contribution in [0.5, 0.6) is 0 Å². The summed E-state index contributed by atoms with van der Waals surface area (Å²) in [5.41, 5.74) is 0. The predicted molar refractivity (Wildman–Crippen MR) is 32.5 cm³/mol. The second-order valence-corrected chi connectivity index (χ2v) is 1.29. The minimum absolute atomic E-state index is 0. The molecule has 0 saturated carbocycles. The van der Waals surface area contributed by atoms with Crippen molar-refractivity contribution in [2.45, 2.75) is 12.8 Å². The maximum absolute atomic E-state index is 9.64. The Balaban J connectivity index is -0.0000000817. The fourth-order valence-electron chi connectivity index (χ4n) is 0.214. The molecule has 0 amide bonds. The zero-order valence-corrected chi connectivity index (χ0v) is 6.25. The van der Waals surface area contributed by atoms with Crippen molar-refractivity contribution in [3.63, 3.8) is 0 Å². The fraction of sp³-hybridized carbons (Fsp3) is 0.500. The quantitative estimate of drug-likeness (QED) is 0.537. The van der Waals surface area contributed by atoms with Crippen LogP contribution < -0.4 is 0 Å². The zero-order chi connectivity index (χ0) is 6.57. The minimum Gasteiger partial charge on any atom is -1.00 e. The van der Waals surface area contributed by atoms with Gasteiger partial charge >= 0.3 is 35.0 Å². The Morgan fingerprint density at radius 1 is 1.11 bits per heavy atom. The van der Waals surface area contributed by atoms with Crippen LogP contribution in [0, 0.1) is 0 Å². The first-order valence-electron chi connectivity index (χ1n) is 2.06. The first kappa shape index (κ1) is 11.5. The third-order valence-corrected chi connectivity index (χ3v) is 0.553. The minimum atomic E-state index is -1.08. The van der Waals surface area contributed by atoms with Crippen LogP contribution in [-0.2, 0) is 9.59 Å². The number of rotatable bonds is 3. The summed E-state index contributed by atoms with van der Waals surface area (Å²) < 4.78 is 0. The number of carboxylic acids is 2. The average Bonchev–Trinajstić information content (AvgIpc) is 1.61. The van der Waals surface area contributed by atoms with E-state index in [2.05, 4.69) is 0 Å². The number of aliphatic carboxylic acids is 2. The second-order valence-electron chi connectivity index (χ2n) is 1.29. The van der Waals surface area contributed by atoms with Gasteiger partial charge in [-0.1, -0.05) is 0 Å². The van der Waals surface area contributed by atoms with E-state index in [4.69, 9.17) is 10.2 Å². The maximum Gasteiger partial charge on any atom is 2.00 e. The first-order chi connectivity index (χ1) is 3.63. The second kappa shape index (κ2) is 5.84. The molecule has 0 aliphatic heterocycles. The predicted octanol–water partition coefficient (Wildman–Crippen LogP) is -0.220. The molecule has 0 bridgehead atoms. The topological polar surface area (TPSA) is 74.6 Å². The molecule has 0 heterocycles. The van der Waals surface area contributed by atoms with Crippen LogP contribution in [0.25, 0.3) is 0 Å². The molecule has 0 rings (SSSR count). The van der Waals surface area contributed by atoms with Gasteiger partial charge in [-0.3, -0.25) is 9.59 Å². The molecule has 0 aromatic rings. The summed E-state index contributed by atoms with van der Waals surface area (Å²) in [5.74, 6) is -2.15. The molecule has 0 saturated heterocycles. The van der Waals surface area contributed by atoms with Gasteiger partial charge in [0.1, 0.15) is 0 Å². The van der Waals surface area contributed by atoms with Crippen LogP contribution in [0.3, 0.4) is 0 Å². The van der Waals surface area contributed by atoms with Crippen molar-refractivity contribution in [1.29, 1.82) is 0 Å². The molecular weight excluding hydrogens is 136 g/mol. The maximum atomic E-state index is 9.64. The summed E-state index contributed by atoms with van der Waals surface area (Å²) in [6, 6.07) is 0. The van der Waals surface area contributed by atoms with Crippen molar-refractivity contribution >= 4 is 35.0 Å². The number of hydrogen-bond donors (Lipinski definition) is 2. The molecule has 0 aromatic heterocycles. The van der Waals surface area contributed by atoms with Crippen molar-refractivity contribution in [2.24, 2.45) is 0 Å². The van der Waals surface area contributed by atoms with E-state index in [9.17, 15) is 9.59 Å². The van der Waals surface area contributed by atoms with E-state index in [1.807, 2.05) is 0 Å². The van der Waals surface area contributed by atoms with Crippen LogP contribution in [0.2, 0.25) is 0 Å². The molecule has 0 aromatic carbocycles. The molecule has 0 unspecified atom stereocenters. The van der Waals surface area contributed by atoms with Gasteiger partial charge in [0.2, 0.25) is 0 Å². The van der Waals surface area contributed by atoms with Gasteiger partial charge in [-0.25, -0.2) is 0 Å². The molecule has 0 atom stereocenters. The third kappa shape index (κ3) is 11.3. The summed E-state index contributed by atoms with van der Waals surface area (Å²) in [7, 11) is 0. The normalized spacial score (nSPS) is 7.56. The van der Waals surface area contributed by atoms with E-state index < -0.39 is 11.9 Å². The fourth-order valence-corrected chi connectivity index (χ4v) is 0.214. The van der Waals surface area contributed by atoms with Gasteiger partial charge in [0, 0.05) is 0 Å². The van der Waals surface area contributed by atoms with Gasteiger partial charge < -0.3 is 13.1 Å². The zero-order valence-electron chi connectivity index (χ0n) is 6.83. The van der Waals surface area contributed by atoms with E-state index in [1.54, 1.807) is 0 Å². The Bertz CT molecular complexity index is 105. The monoisotopic (exact) mass is 144 g/mol. The Labute approximate surface area is 71.0 Å². The Hall–Kier alpha value is -0.294. The Kier molecular flexibility index (Phi) is 7.45. The van der Waals surface area contributed by atoms with Gasteiger partial charge in [-0.15, -0.1) is 0 Å². The van der Waals surface area contributed by atoms with Crippen LogP contribution >= 0.6 is 0 Å². The summed E-state index contributed by atoms with van der Waals surface area (Å²) >= 11 is 0. The largest absolute Gasteiger partial charge is 2.00 e. The molecule has 0 spiro atoms. The van der Waals surface area contributed by atoms with E-state index in [1.165, 1.54) is 0 Å². The van der Waals surface area contributed by atoms with E-state index in [0.29, 0.717) is 0 Å². The molecule has 9 heavy (non-hydrogen) atoms. The van der Waals surface area contributed by atoms with E-state index in [-0.39, 0.29) is 38.7 Å². The van der Waals surface area contributed by atoms with Gasteiger partial charge in [-0.05, 0) is 0 Å². The standard InChI is InChI=1S/C4H6O4.Mg.2H/c5-3(6)1-2-4(7)8;;;/h1-2H2,(H,5,6)(H,7,8);;;/q;+2;2*-1. The SMILES string of the molecule is O=C(O)CCC(=O)O.[H-].[H-].[Mg+2]. The average molecular weight is 144 g/mol. The number of carbonyl (C=O) groups is 2. The van der Waals surface area contributed by atoms with E-state index in [0.717, 1.165) is 0 Å². The van der Waals surface area contributed by atoms with Crippen molar-refractivity contribution in [1.82, 2.24) is 0 Å². The molecule has 2 N–H and O–H groups in total. The third-order valence-electron chi connectivity index (χ3n) is 0.553. The smallest absolute Gasteiger partial charge is 1.00 e. The van der Waals surface area contributed by atoms with E-state index >= 15 is 0 Å². The van der Waals surface area contributed by atoms with Crippen molar-refractivity contribution < 1.29 is 22.7 Å². The van der Waals surface area contributed by atoms with Gasteiger partial charge in [0.15, 0.2) is 0 Å². The summed E-state index contributed by atoms with van der Waals surface area (Å²) in [4.78, 5) is 19.3. The van der Waals surface area contributed by atoms with Crippen LogP contribution in [0.15, 0.2) is 0 Å². The Morgan fingerprint density at radius 2 is 1.33 bits per heavy atom. The molecule has 4 nitrogen and oxygen atoms in total. The molecule has 50 valence electrons. The van der Waals surface area contributed by atoms with Gasteiger partial charge in [-0.2, -0.15) is 0 Å². The van der Waals surface area contributed by atoms with Crippen molar-refractivity contribution in [3.8, 4) is 0 Å². The first-order valence-corrected chi connectivity index (χ1v) is 2.06. The van der Waals surface area contributed by atoms with Gasteiger partial charge in [0.05, 0.1) is 12.8 Å². The van der Waals surface area contributed by atoms with Crippen LogP contribution in [0.1, 0.15) is 15.7 Å². The van der Waals surface area contributed by atoms with Crippen LogP contribution in [-0.4, -0.2) is 45.2 Å². The summed E-state index contributed by atoms with van der Waals surface area (Å²) in [6.45, 7) is 0. The molecule has 0 aliphatic rings.